The van der Waals surface area contributed by atoms with E-state index in [4.69, 9.17) is 14.2 Å². The normalized spacial score (nSPS) is 10.6. The van der Waals surface area contributed by atoms with Crippen LogP contribution in [-0.2, 0) is 11.4 Å². The van der Waals surface area contributed by atoms with Crippen LogP contribution in [0.5, 0.6) is 17.2 Å². The molecule has 9 heteroatoms. The van der Waals surface area contributed by atoms with Gasteiger partial charge < -0.3 is 14.2 Å². The summed E-state index contributed by atoms with van der Waals surface area (Å²) in [4.78, 5) is 22.2. The number of hydrazone groups is 1. The number of hydrogen-bond donors (Lipinski definition) is 1. The molecular formula is C24H23N3O6. The van der Waals surface area contributed by atoms with Gasteiger partial charge in [0.25, 0.3) is 11.6 Å². The van der Waals surface area contributed by atoms with Crippen molar-refractivity contribution in [1.82, 2.24) is 5.43 Å². The van der Waals surface area contributed by atoms with Crippen molar-refractivity contribution in [2.75, 3.05) is 13.2 Å². The molecule has 0 aliphatic rings. The number of nitrogens with one attached hydrogen (secondary N) is 1. The maximum absolute atomic E-state index is 11.9. The molecule has 9 nitrogen and oxygen atoms in total. The Bertz CT molecular complexity index is 1100. The number of ether oxygens (including phenoxy) is 3. The zero-order valence-electron chi connectivity index (χ0n) is 18.0. The molecule has 3 aromatic rings. The Kier molecular flexibility index (Phi) is 8.35. The van der Waals surface area contributed by atoms with Crippen molar-refractivity contribution in [3.8, 4) is 17.2 Å². The van der Waals surface area contributed by atoms with Gasteiger partial charge in [0.05, 0.1) is 17.7 Å². The van der Waals surface area contributed by atoms with Gasteiger partial charge in [-0.1, -0.05) is 18.2 Å². The fourth-order valence-electron chi connectivity index (χ4n) is 2.74. The zero-order valence-corrected chi connectivity index (χ0v) is 18.0. The van der Waals surface area contributed by atoms with E-state index in [0.717, 1.165) is 5.56 Å². The van der Waals surface area contributed by atoms with Crippen LogP contribution in [0.1, 0.15) is 18.1 Å². The number of carbonyl (C=O) groups excluding carboxylic acids is 1. The lowest BCUT2D eigenvalue weighted by Gasteiger charge is -2.12. The first-order chi connectivity index (χ1) is 16.0. The molecule has 1 N–H and O–H groups in total. The number of nitro benzene ring substituents is 1. The van der Waals surface area contributed by atoms with Gasteiger partial charge in [-0.15, -0.1) is 0 Å². The lowest BCUT2D eigenvalue weighted by Crippen LogP contribution is -2.24. The number of amides is 1. The topological polar surface area (TPSA) is 112 Å². The highest BCUT2D eigenvalue weighted by Crippen LogP contribution is 2.29. The van der Waals surface area contributed by atoms with Crippen LogP contribution >= 0.6 is 0 Å². The minimum Gasteiger partial charge on any atom is -0.490 e. The largest absolute Gasteiger partial charge is 0.490 e. The van der Waals surface area contributed by atoms with Crippen LogP contribution in [0, 0.1) is 10.1 Å². The third-order valence-corrected chi connectivity index (χ3v) is 4.33. The highest BCUT2D eigenvalue weighted by Gasteiger charge is 2.08. The number of non-ortho nitro benzene ring substituents is 1. The molecule has 0 saturated heterocycles. The van der Waals surface area contributed by atoms with Gasteiger partial charge in [-0.2, -0.15) is 5.10 Å². The standard InChI is InChI=1S/C24H23N3O6/c1-2-31-23-14-19(15-25-26-24(28)17-32-21-6-4-3-5-7-21)10-13-22(23)33-16-18-8-11-20(12-9-18)27(29)30/h3-15H,2,16-17H2,1H3,(H,26,28)/b25-15-. The third-order valence-electron chi connectivity index (χ3n) is 4.33. The lowest BCUT2D eigenvalue weighted by atomic mass is 10.2. The Hall–Kier alpha value is -4.40. The molecule has 0 radical (unpaired) electrons. The molecule has 0 bridgehead atoms. The second kappa shape index (κ2) is 11.8. The van der Waals surface area contributed by atoms with Crippen molar-refractivity contribution in [2.24, 2.45) is 5.10 Å². The molecule has 0 spiro atoms. The molecule has 0 aliphatic heterocycles. The number of nitrogens with zero attached hydrogens (tertiary/aromatic N) is 2. The summed E-state index contributed by atoms with van der Waals surface area (Å²) in [7, 11) is 0. The molecule has 0 aromatic heterocycles. The maximum Gasteiger partial charge on any atom is 0.277 e. The summed E-state index contributed by atoms with van der Waals surface area (Å²) in [6, 6.07) is 20.4. The Morgan fingerprint density at radius 2 is 1.76 bits per heavy atom. The van der Waals surface area contributed by atoms with E-state index in [1.165, 1.54) is 18.3 Å². The van der Waals surface area contributed by atoms with Crippen molar-refractivity contribution in [3.63, 3.8) is 0 Å². The number of para-hydroxylation sites is 1. The predicted molar refractivity (Wildman–Crippen MR) is 123 cm³/mol. The number of hydrogen-bond acceptors (Lipinski definition) is 7. The van der Waals surface area contributed by atoms with Gasteiger partial charge in [0.2, 0.25) is 0 Å². The van der Waals surface area contributed by atoms with E-state index in [0.29, 0.717) is 29.4 Å². The molecule has 3 aromatic carbocycles. The number of rotatable bonds is 11. The van der Waals surface area contributed by atoms with Crippen molar-refractivity contribution < 1.29 is 23.9 Å². The molecule has 170 valence electrons. The predicted octanol–water partition coefficient (Wildman–Crippen LogP) is 4.10. The molecule has 0 heterocycles. The van der Waals surface area contributed by atoms with E-state index in [1.807, 2.05) is 25.1 Å². The highest BCUT2D eigenvalue weighted by molar-refractivity contribution is 5.83. The van der Waals surface area contributed by atoms with Crippen LogP contribution in [0.25, 0.3) is 0 Å². The Balaban J connectivity index is 1.55. The summed E-state index contributed by atoms with van der Waals surface area (Å²) >= 11 is 0. The lowest BCUT2D eigenvalue weighted by molar-refractivity contribution is -0.384. The fraction of sp³-hybridized carbons (Fsp3) is 0.167. The van der Waals surface area contributed by atoms with Crippen molar-refractivity contribution >= 4 is 17.8 Å². The second-order valence-electron chi connectivity index (χ2n) is 6.75. The summed E-state index contributed by atoms with van der Waals surface area (Å²) < 4.78 is 16.8. The van der Waals surface area contributed by atoms with E-state index >= 15 is 0 Å². The molecule has 33 heavy (non-hydrogen) atoms. The van der Waals surface area contributed by atoms with Crippen molar-refractivity contribution in [3.05, 3.63) is 94.0 Å². The van der Waals surface area contributed by atoms with Crippen LogP contribution in [0.15, 0.2) is 77.9 Å². The van der Waals surface area contributed by atoms with E-state index < -0.39 is 4.92 Å². The molecule has 0 aliphatic carbocycles. The third kappa shape index (κ3) is 7.35. The Morgan fingerprint density at radius 3 is 2.45 bits per heavy atom. The SMILES string of the molecule is CCOc1cc(/C=N\NC(=O)COc2ccccc2)ccc1OCc1ccc([N+](=O)[O-])cc1. The smallest absolute Gasteiger partial charge is 0.277 e. The molecular weight excluding hydrogens is 426 g/mol. The van der Waals surface area contributed by atoms with E-state index in [9.17, 15) is 14.9 Å². The summed E-state index contributed by atoms with van der Waals surface area (Å²) in [5, 5.41) is 14.7. The maximum atomic E-state index is 11.9. The van der Waals surface area contributed by atoms with Crippen LogP contribution in [0.3, 0.4) is 0 Å². The number of nitro groups is 1. The van der Waals surface area contributed by atoms with Gasteiger partial charge in [0, 0.05) is 12.1 Å². The summed E-state index contributed by atoms with van der Waals surface area (Å²) in [6.07, 6.45) is 1.49. The fourth-order valence-corrected chi connectivity index (χ4v) is 2.74. The minimum absolute atomic E-state index is 0.0242. The zero-order chi connectivity index (χ0) is 23.5. The van der Waals surface area contributed by atoms with Gasteiger partial charge in [-0.25, -0.2) is 5.43 Å². The first kappa shape index (κ1) is 23.3. The van der Waals surface area contributed by atoms with Gasteiger partial charge in [0.1, 0.15) is 12.4 Å². The first-order valence-corrected chi connectivity index (χ1v) is 10.2. The van der Waals surface area contributed by atoms with E-state index in [2.05, 4.69) is 10.5 Å². The quantitative estimate of drug-likeness (QED) is 0.268. The molecule has 0 saturated carbocycles. The Labute approximate surface area is 190 Å². The van der Waals surface area contributed by atoms with Gasteiger partial charge >= 0.3 is 0 Å². The van der Waals surface area contributed by atoms with E-state index in [1.54, 1.807) is 42.5 Å². The van der Waals surface area contributed by atoms with Gasteiger partial charge in [0.15, 0.2) is 18.1 Å². The van der Waals surface area contributed by atoms with Crippen LogP contribution < -0.4 is 19.6 Å². The average molecular weight is 449 g/mol. The Morgan fingerprint density at radius 1 is 1.00 bits per heavy atom. The monoisotopic (exact) mass is 449 g/mol. The minimum atomic E-state index is -0.448. The van der Waals surface area contributed by atoms with Crippen molar-refractivity contribution in [1.29, 1.82) is 0 Å². The van der Waals surface area contributed by atoms with Crippen LogP contribution in [-0.4, -0.2) is 30.3 Å². The second-order valence-corrected chi connectivity index (χ2v) is 6.75. The first-order valence-electron chi connectivity index (χ1n) is 10.2. The van der Waals surface area contributed by atoms with E-state index in [-0.39, 0.29) is 24.8 Å². The number of benzene rings is 3. The van der Waals surface area contributed by atoms with Crippen LogP contribution in [0.4, 0.5) is 5.69 Å². The summed E-state index contributed by atoms with van der Waals surface area (Å²) in [6.45, 7) is 2.36. The molecule has 0 unspecified atom stereocenters. The van der Waals surface area contributed by atoms with Gasteiger partial charge in [-0.05, 0) is 60.5 Å². The highest BCUT2D eigenvalue weighted by atomic mass is 16.6. The molecule has 0 atom stereocenters. The molecule has 0 fully saturated rings. The van der Waals surface area contributed by atoms with Gasteiger partial charge in [-0.3, -0.25) is 14.9 Å². The van der Waals surface area contributed by atoms with Crippen LogP contribution in [0.2, 0.25) is 0 Å². The molecule has 1 amide bonds. The summed E-state index contributed by atoms with van der Waals surface area (Å²) in [5.41, 5.74) is 3.92. The number of carbonyl (C=O) groups is 1. The summed E-state index contributed by atoms with van der Waals surface area (Å²) in [5.74, 6) is 1.25. The van der Waals surface area contributed by atoms with Crippen molar-refractivity contribution in [2.45, 2.75) is 13.5 Å². The average Bonchev–Trinajstić information content (AvgIpc) is 2.83. The molecule has 3 rings (SSSR count).